The van der Waals surface area contributed by atoms with Crippen molar-refractivity contribution in [3.63, 3.8) is 0 Å². The first-order chi connectivity index (χ1) is 19.1. The van der Waals surface area contributed by atoms with E-state index in [1.807, 2.05) is 0 Å². The molecule has 1 aliphatic heterocycles. The molecule has 2 aliphatic rings. The zero-order chi connectivity index (χ0) is 28.6. The minimum absolute atomic E-state index is 0.0183. The van der Waals surface area contributed by atoms with Gasteiger partial charge in [0.25, 0.3) is 5.91 Å². The summed E-state index contributed by atoms with van der Waals surface area (Å²) in [6, 6.07) is 8.89. The second kappa shape index (κ2) is 10.5. The Hall–Kier alpha value is -4.68. The molecule has 0 spiro atoms. The highest BCUT2D eigenvalue weighted by Crippen LogP contribution is 2.37. The number of ether oxygens (including phenoxy) is 1. The monoisotopic (exact) mass is 552 g/mol. The molecular weight excluding hydrogens is 526 g/mol. The molecule has 2 heterocycles. The van der Waals surface area contributed by atoms with E-state index in [9.17, 15) is 28.3 Å². The van der Waals surface area contributed by atoms with Crippen LogP contribution >= 0.6 is 0 Å². The highest BCUT2D eigenvalue weighted by molar-refractivity contribution is 6.40. The van der Waals surface area contributed by atoms with E-state index in [0.717, 1.165) is 11.1 Å². The van der Waals surface area contributed by atoms with Crippen molar-refractivity contribution in [3.05, 3.63) is 70.5 Å². The van der Waals surface area contributed by atoms with Gasteiger partial charge in [-0.15, -0.1) is 0 Å². The van der Waals surface area contributed by atoms with Gasteiger partial charge in [-0.3, -0.25) is 9.59 Å². The molecule has 13 heteroatoms. The SMILES string of the molecule is Cc1c(C(=O)O)ccc2c1CC[C@@H]2NC(=O)C1(C)CC(C(=O)NCc2cccc(OC(F)F)c2)=Nc2ncnn21. The summed E-state index contributed by atoms with van der Waals surface area (Å²) in [5.41, 5.74) is 1.95. The predicted octanol–water partition coefficient (Wildman–Crippen LogP) is 3.20. The van der Waals surface area contributed by atoms with Crippen LogP contribution in [-0.4, -0.2) is 50.0 Å². The maximum Gasteiger partial charge on any atom is 0.387 e. The van der Waals surface area contributed by atoms with E-state index in [2.05, 4.69) is 30.4 Å². The molecule has 1 aromatic heterocycles. The number of hydrogen-bond donors (Lipinski definition) is 3. The van der Waals surface area contributed by atoms with Crippen LogP contribution < -0.4 is 15.4 Å². The van der Waals surface area contributed by atoms with Crippen LogP contribution in [0.5, 0.6) is 5.75 Å². The number of hydrogen-bond acceptors (Lipinski definition) is 7. The molecule has 208 valence electrons. The number of carboxylic acid groups (broad SMARTS) is 1. The van der Waals surface area contributed by atoms with Crippen LogP contribution in [-0.2, 0) is 28.1 Å². The Morgan fingerprint density at radius 2 is 2.05 bits per heavy atom. The van der Waals surface area contributed by atoms with Crippen molar-refractivity contribution in [1.82, 2.24) is 25.4 Å². The number of benzene rings is 2. The molecule has 3 aromatic rings. The molecule has 1 aliphatic carbocycles. The number of carboxylic acids is 1. The summed E-state index contributed by atoms with van der Waals surface area (Å²) in [5, 5.41) is 19.4. The van der Waals surface area contributed by atoms with Crippen molar-refractivity contribution < 1.29 is 33.0 Å². The molecule has 0 bridgehead atoms. The average molecular weight is 553 g/mol. The van der Waals surface area contributed by atoms with Crippen LogP contribution in [0.25, 0.3) is 0 Å². The molecule has 0 radical (unpaired) electrons. The van der Waals surface area contributed by atoms with Crippen molar-refractivity contribution in [3.8, 4) is 5.75 Å². The van der Waals surface area contributed by atoms with Crippen molar-refractivity contribution in [2.75, 3.05) is 0 Å². The number of amides is 2. The van der Waals surface area contributed by atoms with Gasteiger partial charge in [-0.25, -0.2) is 14.5 Å². The fourth-order valence-corrected chi connectivity index (χ4v) is 5.22. The van der Waals surface area contributed by atoms with Crippen molar-refractivity contribution in [1.29, 1.82) is 0 Å². The summed E-state index contributed by atoms with van der Waals surface area (Å²) in [4.78, 5) is 46.7. The maximum atomic E-state index is 13.7. The van der Waals surface area contributed by atoms with Crippen molar-refractivity contribution in [2.24, 2.45) is 4.99 Å². The average Bonchev–Trinajstić information content (AvgIpc) is 3.55. The Morgan fingerprint density at radius 3 is 2.80 bits per heavy atom. The number of halogens is 2. The summed E-state index contributed by atoms with van der Waals surface area (Å²) in [5.74, 6) is -1.88. The number of nitrogens with one attached hydrogen (secondary N) is 2. The van der Waals surface area contributed by atoms with Crippen LogP contribution in [0.15, 0.2) is 47.7 Å². The Labute approximate surface area is 227 Å². The zero-order valence-electron chi connectivity index (χ0n) is 21.6. The lowest BCUT2D eigenvalue weighted by Crippen LogP contribution is -2.52. The molecule has 5 rings (SSSR count). The third kappa shape index (κ3) is 5.01. The fourth-order valence-electron chi connectivity index (χ4n) is 5.22. The van der Waals surface area contributed by atoms with Gasteiger partial charge in [-0.05, 0) is 67.1 Å². The number of aromatic carboxylic acids is 1. The highest BCUT2D eigenvalue weighted by atomic mass is 19.3. The van der Waals surface area contributed by atoms with Crippen LogP contribution in [0.2, 0.25) is 0 Å². The molecule has 2 aromatic carbocycles. The maximum absolute atomic E-state index is 13.7. The number of carbonyl (C=O) groups excluding carboxylic acids is 2. The number of alkyl halides is 2. The van der Waals surface area contributed by atoms with E-state index in [1.165, 1.54) is 29.2 Å². The molecule has 11 nitrogen and oxygen atoms in total. The summed E-state index contributed by atoms with van der Waals surface area (Å²) in [6.45, 7) is 0.457. The molecule has 2 atom stereocenters. The summed E-state index contributed by atoms with van der Waals surface area (Å²) >= 11 is 0. The molecular formula is C27H26F2N6O5. The number of rotatable bonds is 8. The van der Waals surface area contributed by atoms with E-state index in [-0.39, 0.29) is 42.0 Å². The number of carbonyl (C=O) groups is 3. The molecule has 40 heavy (non-hydrogen) atoms. The standard InChI is InChI=1S/C27H26F2N6O5/c1-14-17-8-9-20(19(17)7-6-18(14)23(37)38)33-24(39)27(2)11-21(34-26-31-13-32-35(26)27)22(36)30-12-15-4-3-5-16(10-15)40-25(28)29/h3-7,10,13,20,25H,8-9,11-12H2,1-2H3,(H,30,36)(H,33,39)(H,37,38)/t20-,27?/m0/s1. The van der Waals surface area contributed by atoms with Crippen molar-refractivity contribution >= 4 is 29.4 Å². The lowest BCUT2D eigenvalue weighted by atomic mass is 9.91. The summed E-state index contributed by atoms with van der Waals surface area (Å²) < 4.78 is 30.8. The first-order valence-corrected chi connectivity index (χ1v) is 12.5. The lowest BCUT2D eigenvalue weighted by Gasteiger charge is -2.33. The third-order valence-electron chi connectivity index (χ3n) is 7.30. The Balaban J connectivity index is 1.32. The van der Waals surface area contributed by atoms with E-state index < -0.39 is 29.9 Å². The largest absolute Gasteiger partial charge is 0.478 e. The second-order valence-electron chi connectivity index (χ2n) is 9.87. The van der Waals surface area contributed by atoms with E-state index >= 15 is 0 Å². The lowest BCUT2D eigenvalue weighted by molar-refractivity contribution is -0.130. The minimum atomic E-state index is -2.97. The van der Waals surface area contributed by atoms with E-state index in [1.54, 1.807) is 32.0 Å². The first-order valence-electron chi connectivity index (χ1n) is 12.5. The highest BCUT2D eigenvalue weighted by Gasteiger charge is 2.45. The quantitative estimate of drug-likeness (QED) is 0.389. The summed E-state index contributed by atoms with van der Waals surface area (Å²) in [7, 11) is 0. The molecule has 1 unspecified atom stereocenters. The van der Waals surface area contributed by atoms with Gasteiger partial charge in [0.2, 0.25) is 11.9 Å². The molecule has 3 N–H and O–H groups in total. The van der Waals surface area contributed by atoms with Gasteiger partial charge < -0.3 is 20.5 Å². The minimum Gasteiger partial charge on any atom is -0.478 e. The van der Waals surface area contributed by atoms with Crippen LogP contribution in [0.1, 0.15) is 58.4 Å². The second-order valence-corrected chi connectivity index (χ2v) is 9.87. The van der Waals surface area contributed by atoms with Gasteiger partial charge in [-0.1, -0.05) is 18.2 Å². The topological polar surface area (TPSA) is 148 Å². The van der Waals surface area contributed by atoms with Crippen LogP contribution in [0.3, 0.4) is 0 Å². The number of aromatic nitrogens is 3. The van der Waals surface area contributed by atoms with Crippen LogP contribution in [0, 0.1) is 6.92 Å². The molecule has 0 fully saturated rings. The Bertz CT molecular complexity index is 1540. The first kappa shape index (κ1) is 26.9. The normalized spacial score (nSPS) is 19.4. The van der Waals surface area contributed by atoms with Crippen molar-refractivity contribution in [2.45, 2.75) is 57.8 Å². The number of fused-ring (bicyclic) bond motifs is 2. The van der Waals surface area contributed by atoms with E-state index in [0.29, 0.717) is 24.0 Å². The Kier molecular flexibility index (Phi) is 7.04. The van der Waals surface area contributed by atoms with Gasteiger partial charge >= 0.3 is 12.6 Å². The summed E-state index contributed by atoms with van der Waals surface area (Å²) in [6.07, 6.45) is 2.39. The van der Waals surface area contributed by atoms with Crippen LogP contribution in [0.4, 0.5) is 14.7 Å². The molecule has 2 amide bonds. The molecule has 0 saturated carbocycles. The van der Waals surface area contributed by atoms with Gasteiger partial charge in [0, 0.05) is 13.0 Å². The Morgan fingerprint density at radius 1 is 1.25 bits per heavy atom. The van der Waals surface area contributed by atoms with Gasteiger partial charge in [-0.2, -0.15) is 18.9 Å². The number of nitrogens with zero attached hydrogens (tertiary/aromatic N) is 4. The third-order valence-corrected chi connectivity index (χ3v) is 7.30. The molecule has 0 saturated heterocycles. The number of aliphatic imine (C=N–C) groups is 1. The fraction of sp³-hybridized carbons (Fsp3) is 0.333. The van der Waals surface area contributed by atoms with E-state index in [4.69, 9.17) is 0 Å². The predicted molar refractivity (Wildman–Crippen MR) is 138 cm³/mol. The smallest absolute Gasteiger partial charge is 0.387 e. The van der Waals surface area contributed by atoms with Gasteiger partial charge in [0.05, 0.1) is 11.6 Å². The van der Waals surface area contributed by atoms with Gasteiger partial charge in [0.15, 0.2) is 0 Å². The zero-order valence-corrected chi connectivity index (χ0v) is 21.6. The van der Waals surface area contributed by atoms with Gasteiger partial charge in [0.1, 0.15) is 23.3 Å².